The number of piperazine rings is 1. The van der Waals surface area contributed by atoms with Gasteiger partial charge in [-0.2, -0.15) is 4.31 Å². The van der Waals surface area contributed by atoms with Crippen molar-refractivity contribution < 1.29 is 13.2 Å². The molecule has 2 aliphatic heterocycles. The SMILES string of the molecule is CCC(=O)N1c2ccc(S(=O)(=O)N3CCN(c4ccccc4)CC3)cc2C[C@@H]1C. The highest BCUT2D eigenvalue weighted by molar-refractivity contribution is 7.89. The van der Waals surface area contributed by atoms with Gasteiger partial charge in [-0.25, -0.2) is 8.42 Å². The zero-order chi connectivity index (χ0) is 20.6. The highest BCUT2D eigenvalue weighted by Crippen LogP contribution is 2.35. The van der Waals surface area contributed by atoms with Crippen molar-refractivity contribution in [3.05, 3.63) is 54.1 Å². The molecule has 0 aliphatic carbocycles. The van der Waals surface area contributed by atoms with Crippen LogP contribution in [0.25, 0.3) is 0 Å². The van der Waals surface area contributed by atoms with Crippen LogP contribution < -0.4 is 9.80 Å². The number of amides is 1. The van der Waals surface area contributed by atoms with Gasteiger partial charge in [-0.15, -0.1) is 0 Å². The van der Waals surface area contributed by atoms with Crippen LogP contribution >= 0.6 is 0 Å². The fourth-order valence-corrected chi connectivity index (χ4v) is 5.77. The number of hydrogen-bond donors (Lipinski definition) is 0. The van der Waals surface area contributed by atoms with Gasteiger partial charge in [0.05, 0.1) is 4.90 Å². The number of rotatable bonds is 4. The minimum absolute atomic E-state index is 0.0600. The molecule has 6 nitrogen and oxygen atoms in total. The molecule has 1 amide bonds. The van der Waals surface area contributed by atoms with Crippen molar-refractivity contribution in [2.75, 3.05) is 36.0 Å². The maximum Gasteiger partial charge on any atom is 0.243 e. The maximum absolute atomic E-state index is 13.2. The van der Waals surface area contributed by atoms with Gasteiger partial charge in [-0.3, -0.25) is 4.79 Å². The molecule has 7 heteroatoms. The summed E-state index contributed by atoms with van der Waals surface area (Å²) >= 11 is 0. The smallest absolute Gasteiger partial charge is 0.243 e. The minimum atomic E-state index is -3.55. The fraction of sp³-hybridized carbons (Fsp3) is 0.409. The van der Waals surface area contributed by atoms with Crippen molar-refractivity contribution >= 4 is 27.3 Å². The largest absolute Gasteiger partial charge is 0.369 e. The number of anilines is 2. The van der Waals surface area contributed by atoms with Crippen molar-refractivity contribution in [2.24, 2.45) is 0 Å². The molecule has 0 bridgehead atoms. The van der Waals surface area contributed by atoms with Gasteiger partial charge in [-0.05, 0) is 49.2 Å². The van der Waals surface area contributed by atoms with E-state index in [-0.39, 0.29) is 11.9 Å². The maximum atomic E-state index is 13.2. The molecule has 2 aromatic rings. The van der Waals surface area contributed by atoms with Crippen molar-refractivity contribution in [1.29, 1.82) is 0 Å². The molecule has 0 unspecified atom stereocenters. The molecule has 1 atom stereocenters. The second-order valence-corrected chi connectivity index (χ2v) is 9.63. The molecular weight excluding hydrogens is 386 g/mol. The van der Waals surface area contributed by atoms with Crippen LogP contribution in [0.2, 0.25) is 0 Å². The summed E-state index contributed by atoms with van der Waals surface area (Å²) in [7, 11) is -3.55. The fourth-order valence-electron chi connectivity index (χ4n) is 4.29. The standard InChI is InChI=1S/C22H27N3O3S/c1-3-22(26)25-17(2)15-18-16-20(9-10-21(18)25)29(27,28)24-13-11-23(12-14-24)19-7-5-4-6-8-19/h4-10,16-17H,3,11-15H2,1-2H3/t17-/m0/s1. The number of sulfonamides is 1. The Morgan fingerprint density at radius 1 is 1.03 bits per heavy atom. The molecule has 0 aromatic heterocycles. The quantitative estimate of drug-likeness (QED) is 0.773. The second-order valence-electron chi connectivity index (χ2n) is 7.69. The summed E-state index contributed by atoms with van der Waals surface area (Å²) in [5.41, 5.74) is 2.90. The molecule has 1 fully saturated rings. The molecule has 0 saturated carbocycles. The van der Waals surface area contributed by atoms with Gasteiger partial charge in [0.15, 0.2) is 0 Å². The zero-order valence-electron chi connectivity index (χ0n) is 16.9. The van der Waals surface area contributed by atoms with Crippen LogP contribution in [0.15, 0.2) is 53.4 Å². The molecule has 2 heterocycles. The Kier molecular flexibility index (Phi) is 5.36. The van der Waals surface area contributed by atoms with E-state index < -0.39 is 10.0 Å². The Labute approximate surface area is 172 Å². The molecule has 2 aromatic carbocycles. The third-order valence-corrected chi connectivity index (χ3v) is 7.73. The Hall–Kier alpha value is -2.38. The van der Waals surface area contributed by atoms with Gasteiger partial charge < -0.3 is 9.80 Å². The van der Waals surface area contributed by atoms with Crippen LogP contribution in [0, 0.1) is 0 Å². The number of fused-ring (bicyclic) bond motifs is 1. The van der Waals surface area contributed by atoms with E-state index >= 15 is 0 Å². The molecule has 0 spiro atoms. The lowest BCUT2D eigenvalue weighted by molar-refractivity contribution is -0.118. The molecule has 1 saturated heterocycles. The van der Waals surface area contributed by atoms with E-state index in [9.17, 15) is 13.2 Å². The summed E-state index contributed by atoms with van der Waals surface area (Å²) in [6.07, 6.45) is 1.13. The summed E-state index contributed by atoms with van der Waals surface area (Å²) in [5.74, 6) is 0.0730. The lowest BCUT2D eigenvalue weighted by Crippen LogP contribution is -2.48. The molecule has 2 aliphatic rings. The highest BCUT2D eigenvalue weighted by Gasteiger charge is 2.33. The number of para-hydroxylation sites is 1. The normalized spacial score (nSPS) is 20.0. The third kappa shape index (κ3) is 3.65. The average Bonchev–Trinajstić information content (AvgIpc) is 3.08. The van der Waals surface area contributed by atoms with Crippen LogP contribution in [0.3, 0.4) is 0 Å². The van der Waals surface area contributed by atoms with E-state index in [2.05, 4.69) is 17.0 Å². The van der Waals surface area contributed by atoms with Crippen LogP contribution in [0.4, 0.5) is 11.4 Å². The Morgan fingerprint density at radius 3 is 2.38 bits per heavy atom. The zero-order valence-corrected chi connectivity index (χ0v) is 17.7. The van der Waals surface area contributed by atoms with Crippen molar-refractivity contribution in [2.45, 2.75) is 37.6 Å². The first kappa shape index (κ1) is 19.9. The van der Waals surface area contributed by atoms with Gasteiger partial charge in [0, 0.05) is 50.0 Å². The topological polar surface area (TPSA) is 60.9 Å². The molecule has 154 valence electrons. The first-order valence-corrected chi connectivity index (χ1v) is 11.6. The molecule has 29 heavy (non-hydrogen) atoms. The van der Waals surface area contributed by atoms with Gasteiger partial charge >= 0.3 is 0 Å². The van der Waals surface area contributed by atoms with Gasteiger partial charge in [0.2, 0.25) is 15.9 Å². The van der Waals surface area contributed by atoms with Crippen molar-refractivity contribution in [3.8, 4) is 0 Å². The van der Waals surface area contributed by atoms with E-state index in [0.717, 1.165) is 16.9 Å². The van der Waals surface area contributed by atoms with E-state index in [4.69, 9.17) is 0 Å². The molecule has 0 radical (unpaired) electrons. The Bertz CT molecular complexity index is 999. The van der Waals surface area contributed by atoms with Crippen molar-refractivity contribution in [1.82, 2.24) is 4.31 Å². The summed E-state index contributed by atoms with van der Waals surface area (Å²) in [6, 6.07) is 15.3. The van der Waals surface area contributed by atoms with Crippen LogP contribution in [0.1, 0.15) is 25.8 Å². The summed E-state index contributed by atoms with van der Waals surface area (Å²) in [5, 5.41) is 0. The summed E-state index contributed by atoms with van der Waals surface area (Å²) < 4.78 is 28.0. The predicted octanol–water partition coefficient (Wildman–Crippen LogP) is 2.89. The Balaban J connectivity index is 1.52. The lowest BCUT2D eigenvalue weighted by Gasteiger charge is -2.35. The summed E-state index contributed by atoms with van der Waals surface area (Å²) in [4.78, 5) is 16.6. The van der Waals surface area contributed by atoms with E-state index in [1.54, 1.807) is 27.4 Å². The first-order valence-electron chi connectivity index (χ1n) is 10.2. The van der Waals surface area contributed by atoms with E-state index in [0.29, 0.717) is 43.9 Å². The first-order chi connectivity index (χ1) is 13.9. The molecular formula is C22H27N3O3S. The van der Waals surface area contributed by atoms with Gasteiger partial charge in [0.1, 0.15) is 0 Å². The number of nitrogens with zero attached hydrogens (tertiary/aromatic N) is 3. The Morgan fingerprint density at radius 2 is 1.72 bits per heavy atom. The molecule has 4 rings (SSSR count). The summed E-state index contributed by atoms with van der Waals surface area (Å²) in [6.45, 7) is 6.12. The lowest BCUT2D eigenvalue weighted by atomic mass is 10.1. The third-order valence-electron chi connectivity index (χ3n) is 5.84. The average molecular weight is 414 g/mol. The highest BCUT2D eigenvalue weighted by atomic mass is 32.2. The van der Waals surface area contributed by atoms with E-state index in [1.165, 1.54) is 0 Å². The number of hydrogen-bond acceptors (Lipinski definition) is 4. The number of carbonyl (C=O) groups is 1. The van der Waals surface area contributed by atoms with E-state index in [1.807, 2.05) is 32.0 Å². The number of carbonyl (C=O) groups excluding carboxylic acids is 1. The second kappa shape index (κ2) is 7.80. The van der Waals surface area contributed by atoms with Gasteiger partial charge in [0.25, 0.3) is 0 Å². The monoisotopic (exact) mass is 413 g/mol. The molecule has 0 N–H and O–H groups in total. The number of benzene rings is 2. The van der Waals surface area contributed by atoms with Crippen LogP contribution in [-0.4, -0.2) is 50.9 Å². The van der Waals surface area contributed by atoms with Crippen LogP contribution in [-0.2, 0) is 21.2 Å². The minimum Gasteiger partial charge on any atom is -0.369 e. The predicted molar refractivity (Wildman–Crippen MR) is 115 cm³/mol. The van der Waals surface area contributed by atoms with Crippen molar-refractivity contribution in [3.63, 3.8) is 0 Å². The van der Waals surface area contributed by atoms with Crippen LogP contribution in [0.5, 0.6) is 0 Å². The van der Waals surface area contributed by atoms with Gasteiger partial charge in [-0.1, -0.05) is 25.1 Å².